The van der Waals surface area contributed by atoms with E-state index >= 15 is 0 Å². The minimum absolute atomic E-state index is 0.163. The molecule has 0 atom stereocenters. The number of ether oxygens (including phenoxy) is 1. The van der Waals surface area contributed by atoms with E-state index in [0.717, 1.165) is 11.1 Å². The third-order valence-corrected chi connectivity index (χ3v) is 3.65. The van der Waals surface area contributed by atoms with Crippen LogP contribution < -0.4 is 5.32 Å². The molecule has 0 aliphatic carbocycles. The van der Waals surface area contributed by atoms with Gasteiger partial charge in [0.1, 0.15) is 0 Å². The van der Waals surface area contributed by atoms with E-state index < -0.39 is 11.9 Å². The first-order chi connectivity index (χ1) is 11.6. The van der Waals surface area contributed by atoms with Crippen LogP contribution in [-0.4, -0.2) is 28.7 Å². The van der Waals surface area contributed by atoms with Crippen molar-refractivity contribution >= 4 is 34.4 Å². The Morgan fingerprint density at radius 3 is 2.67 bits per heavy atom. The Bertz CT molecular complexity index is 874. The number of rotatable bonds is 5. The number of benzene rings is 2. The minimum Gasteiger partial charge on any atom is -0.451 e. The fourth-order valence-corrected chi connectivity index (χ4v) is 2.30. The third kappa shape index (κ3) is 3.72. The molecule has 2 aromatic carbocycles. The maximum atomic E-state index is 12.0. The van der Waals surface area contributed by atoms with Gasteiger partial charge in [-0.1, -0.05) is 41.9 Å². The van der Waals surface area contributed by atoms with E-state index in [1.165, 1.54) is 0 Å². The second kappa shape index (κ2) is 7.14. The molecule has 24 heavy (non-hydrogen) atoms. The number of halogens is 1. The monoisotopic (exact) mass is 343 g/mol. The lowest BCUT2D eigenvalue weighted by atomic mass is 10.2. The summed E-state index contributed by atoms with van der Waals surface area (Å²) in [5, 5.41) is 10.6. The van der Waals surface area contributed by atoms with Crippen molar-refractivity contribution in [2.45, 2.75) is 6.54 Å². The number of esters is 1. The Morgan fingerprint density at radius 1 is 1.12 bits per heavy atom. The number of amides is 1. The highest BCUT2D eigenvalue weighted by Gasteiger charge is 2.16. The first-order valence-electron chi connectivity index (χ1n) is 7.25. The number of nitrogens with one attached hydrogen (secondary N) is 2. The van der Waals surface area contributed by atoms with Crippen molar-refractivity contribution in [3.8, 4) is 0 Å². The van der Waals surface area contributed by atoms with E-state index in [1.807, 2.05) is 18.2 Å². The molecule has 0 spiro atoms. The predicted octanol–water partition coefficient (Wildman–Crippen LogP) is 2.69. The second-order valence-corrected chi connectivity index (χ2v) is 5.53. The fourth-order valence-electron chi connectivity index (χ4n) is 2.17. The van der Waals surface area contributed by atoms with Crippen molar-refractivity contribution in [1.29, 1.82) is 0 Å². The van der Waals surface area contributed by atoms with Gasteiger partial charge in [-0.05, 0) is 23.8 Å². The Balaban J connectivity index is 1.52. The third-order valence-electron chi connectivity index (χ3n) is 3.40. The molecule has 3 rings (SSSR count). The molecule has 0 unspecified atom stereocenters. The van der Waals surface area contributed by atoms with Gasteiger partial charge in [0.25, 0.3) is 5.91 Å². The molecule has 7 heteroatoms. The van der Waals surface area contributed by atoms with Crippen LogP contribution in [0.5, 0.6) is 0 Å². The molecule has 0 fully saturated rings. The molecular formula is C17H14ClN3O3. The number of aromatic nitrogens is 2. The van der Waals surface area contributed by atoms with E-state index in [2.05, 4.69) is 15.5 Å². The highest BCUT2D eigenvalue weighted by atomic mass is 35.5. The fraction of sp³-hybridized carbons (Fsp3) is 0.118. The first kappa shape index (κ1) is 16.0. The number of carbonyl (C=O) groups excluding carboxylic acids is 2. The predicted molar refractivity (Wildman–Crippen MR) is 89.7 cm³/mol. The maximum absolute atomic E-state index is 12.0. The number of hydrogen-bond donors (Lipinski definition) is 2. The molecule has 0 saturated carbocycles. The summed E-state index contributed by atoms with van der Waals surface area (Å²) in [5.74, 6) is -1.03. The van der Waals surface area contributed by atoms with Crippen LogP contribution in [0.1, 0.15) is 16.1 Å². The molecule has 6 nitrogen and oxygen atoms in total. The Labute approximate surface area is 142 Å². The van der Waals surface area contributed by atoms with Crippen molar-refractivity contribution in [3.05, 3.63) is 64.8 Å². The van der Waals surface area contributed by atoms with Gasteiger partial charge in [0.05, 0.1) is 5.52 Å². The van der Waals surface area contributed by atoms with Crippen molar-refractivity contribution in [1.82, 2.24) is 15.5 Å². The zero-order chi connectivity index (χ0) is 16.9. The standard InChI is InChI=1S/C17H14ClN3O3/c18-12-7-5-11(6-8-12)9-19-15(22)10-24-17(23)16-13-3-1-2-4-14(13)20-21-16/h1-8H,9-10H2,(H,19,22)(H,20,21). The normalized spacial score (nSPS) is 10.5. The van der Waals surface area contributed by atoms with Gasteiger partial charge < -0.3 is 10.1 Å². The lowest BCUT2D eigenvalue weighted by Gasteiger charge is -2.06. The Morgan fingerprint density at radius 2 is 1.88 bits per heavy atom. The molecule has 0 saturated heterocycles. The highest BCUT2D eigenvalue weighted by Crippen LogP contribution is 2.15. The molecule has 1 heterocycles. The molecule has 1 amide bonds. The second-order valence-electron chi connectivity index (χ2n) is 5.10. The molecular weight excluding hydrogens is 330 g/mol. The number of H-pyrrole nitrogens is 1. The van der Waals surface area contributed by atoms with Gasteiger partial charge in [0.2, 0.25) is 0 Å². The van der Waals surface area contributed by atoms with Gasteiger partial charge in [-0.3, -0.25) is 9.89 Å². The Kier molecular flexibility index (Phi) is 4.77. The topological polar surface area (TPSA) is 84.1 Å². The van der Waals surface area contributed by atoms with Crippen LogP contribution >= 0.6 is 11.6 Å². The van der Waals surface area contributed by atoms with Crippen LogP contribution in [0.3, 0.4) is 0 Å². The summed E-state index contributed by atoms with van der Waals surface area (Å²) < 4.78 is 5.01. The van der Waals surface area contributed by atoms with Crippen molar-refractivity contribution in [2.75, 3.05) is 6.61 Å². The van der Waals surface area contributed by atoms with Crippen LogP contribution in [0.4, 0.5) is 0 Å². The zero-order valence-electron chi connectivity index (χ0n) is 12.6. The van der Waals surface area contributed by atoms with Crippen molar-refractivity contribution < 1.29 is 14.3 Å². The van der Waals surface area contributed by atoms with Gasteiger partial charge in [-0.25, -0.2) is 4.79 Å². The summed E-state index contributed by atoms with van der Waals surface area (Å²) >= 11 is 5.80. The summed E-state index contributed by atoms with van der Waals surface area (Å²) in [7, 11) is 0. The number of hydrogen-bond acceptors (Lipinski definition) is 4. The number of carbonyl (C=O) groups is 2. The SMILES string of the molecule is O=C(COC(=O)c1n[nH]c2ccccc12)NCc1ccc(Cl)cc1. The average molecular weight is 344 g/mol. The molecule has 2 N–H and O–H groups in total. The van der Waals surface area contributed by atoms with E-state index in [0.29, 0.717) is 17.0 Å². The quantitative estimate of drug-likeness (QED) is 0.698. The molecule has 0 aliphatic heterocycles. The number of para-hydroxylation sites is 1. The molecule has 0 radical (unpaired) electrons. The summed E-state index contributed by atoms with van der Waals surface area (Å²) in [5.41, 5.74) is 1.80. The first-order valence-corrected chi connectivity index (χ1v) is 7.62. The highest BCUT2D eigenvalue weighted by molar-refractivity contribution is 6.30. The smallest absolute Gasteiger partial charge is 0.359 e. The van der Waals surface area contributed by atoms with Crippen LogP contribution in [0.25, 0.3) is 10.9 Å². The van der Waals surface area contributed by atoms with Gasteiger partial charge in [0.15, 0.2) is 12.3 Å². The average Bonchev–Trinajstić information content (AvgIpc) is 3.03. The van der Waals surface area contributed by atoms with Crippen molar-refractivity contribution in [3.63, 3.8) is 0 Å². The summed E-state index contributed by atoms with van der Waals surface area (Å²) in [4.78, 5) is 23.8. The Hall–Kier alpha value is -2.86. The van der Waals surface area contributed by atoms with E-state index in [1.54, 1.807) is 30.3 Å². The van der Waals surface area contributed by atoms with Gasteiger partial charge in [-0.15, -0.1) is 0 Å². The van der Waals surface area contributed by atoms with Crippen LogP contribution in [0, 0.1) is 0 Å². The lowest BCUT2D eigenvalue weighted by molar-refractivity contribution is -0.124. The molecule has 0 aliphatic rings. The van der Waals surface area contributed by atoms with E-state index in [9.17, 15) is 9.59 Å². The van der Waals surface area contributed by atoms with Crippen LogP contribution in [0.15, 0.2) is 48.5 Å². The van der Waals surface area contributed by atoms with Crippen molar-refractivity contribution in [2.24, 2.45) is 0 Å². The van der Waals surface area contributed by atoms with Crippen LogP contribution in [-0.2, 0) is 16.1 Å². The molecule has 0 bridgehead atoms. The van der Waals surface area contributed by atoms with E-state index in [4.69, 9.17) is 16.3 Å². The zero-order valence-corrected chi connectivity index (χ0v) is 13.3. The lowest BCUT2D eigenvalue weighted by Crippen LogP contribution is -2.28. The van der Waals surface area contributed by atoms with Gasteiger partial charge in [-0.2, -0.15) is 5.10 Å². The molecule has 3 aromatic rings. The van der Waals surface area contributed by atoms with E-state index in [-0.39, 0.29) is 12.3 Å². The summed E-state index contributed by atoms with van der Waals surface area (Å²) in [6, 6.07) is 14.3. The van der Waals surface area contributed by atoms with Gasteiger partial charge in [0, 0.05) is 17.0 Å². The minimum atomic E-state index is -0.644. The number of fused-ring (bicyclic) bond motifs is 1. The summed E-state index contributed by atoms with van der Waals surface area (Å²) in [6.45, 7) is -0.0352. The molecule has 122 valence electrons. The van der Waals surface area contributed by atoms with Crippen LogP contribution in [0.2, 0.25) is 5.02 Å². The maximum Gasteiger partial charge on any atom is 0.359 e. The van der Waals surface area contributed by atoms with Gasteiger partial charge >= 0.3 is 5.97 Å². The number of nitrogens with zero attached hydrogens (tertiary/aromatic N) is 1. The molecule has 1 aromatic heterocycles. The summed E-state index contributed by atoms with van der Waals surface area (Å²) in [6.07, 6.45) is 0. The number of aromatic amines is 1. The largest absolute Gasteiger partial charge is 0.451 e.